The third kappa shape index (κ3) is 3.86. The lowest BCUT2D eigenvalue weighted by atomic mass is 10.0. The van der Waals surface area contributed by atoms with Crippen LogP contribution >= 0.6 is 11.6 Å². The van der Waals surface area contributed by atoms with Crippen LogP contribution in [0.25, 0.3) is 11.6 Å². The molecule has 0 atom stereocenters. The number of halogens is 2. The molecule has 1 heterocycles. The molecule has 3 aromatic carbocycles. The van der Waals surface area contributed by atoms with E-state index in [9.17, 15) is 9.18 Å². The minimum absolute atomic E-state index is 0.154. The summed E-state index contributed by atoms with van der Waals surface area (Å²) in [7, 11) is 0. The average Bonchev–Trinajstić information content (AvgIpc) is 2.95. The summed E-state index contributed by atoms with van der Waals surface area (Å²) in [6.45, 7) is 0.286. The van der Waals surface area contributed by atoms with Crippen molar-refractivity contribution in [2.45, 2.75) is 6.61 Å². The van der Waals surface area contributed by atoms with Crippen molar-refractivity contribution in [3.05, 3.63) is 94.3 Å². The highest BCUT2D eigenvalue weighted by molar-refractivity contribution is 6.36. The van der Waals surface area contributed by atoms with Gasteiger partial charge in [0.1, 0.15) is 18.2 Å². The van der Waals surface area contributed by atoms with E-state index in [0.29, 0.717) is 22.0 Å². The van der Waals surface area contributed by atoms with Gasteiger partial charge in [-0.3, -0.25) is 4.79 Å². The topological polar surface area (TPSA) is 38.3 Å². The number of ether oxygens (including phenoxy) is 1. The zero-order valence-electron chi connectivity index (χ0n) is 14.2. The summed E-state index contributed by atoms with van der Waals surface area (Å²) < 4.78 is 18.9. The van der Waals surface area contributed by atoms with Crippen LogP contribution in [-0.4, -0.2) is 5.91 Å². The molecular formula is C22H15ClFNO2. The van der Waals surface area contributed by atoms with E-state index in [2.05, 4.69) is 5.32 Å². The van der Waals surface area contributed by atoms with Crippen molar-refractivity contribution in [3.8, 4) is 5.75 Å². The Balaban J connectivity index is 1.50. The molecule has 0 bridgehead atoms. The lowest BCUT2D eigenvalue weighted by Crippen LogP contribution is -2.03. The van der Waals surface area contributed by atoms with Crippen molar-refractivity contribution < 1.29 is 13.9 Å². The van der Waals surface area contributed by atoms with Crippen LogP contribution < -0.4 is 10.1 Å². The van der Waals surface area contributed by atoms with Crippen molar-refractivity contribution in [1.29, 1.82) is 0 Å². The number of benzene rings is 3. The molecule has 0 radical (unpaired) electrons. The fraction of sp³-hybridized carbons (Fsp3) is 0.0455. The highest BCUT2D eigenvalue weighted by Gasteiger charge is 2.23. The number of fused-ring (bicyclic) bond motifs is 1. The molecule has 1 amide bonds. The Morgan fingerprint density at radius 3 is 2.63 bits per heavy atom. The van der Waals surface area contributed by atoms with Crippen molar-refractivity contribution in [2.24, 2.45) is 0 Å². The van der Waals surface area contributed by atoms with Crippen molar-refractivity contribution in [2.75, 3.05) is 5.32 Å². The highest BCUT2D eigenvalue weighted by atomic mass is 35.5. The Hall–Kier alpha value is -3.11. The van der Waals surface area contributed by atoms with Gasteiger partial charge in [0.2, 0.25) is 0 Å². The van der Waals surface area contributed by atoms with Gasteiger partial charge in [-0.1, -0.05) is 41.9 Å². The lowest BCUT2D eigenvalue weighted by Gasteiger charge is -2.07. The van der Waals surface area contributed by atoms with Crippen molar-refractivity contribution in [3.63, 3.8) is 0 Å². The van der Waals surface area contributed by atoms with Gasteiger partial charge in [-0.2, -0.15) is 0 Å². The van der Waals surface area contributed by atoms with Crippen LogP contribution in [0.4, 0.5) is 10.1 Å². The van der Waals surface area contributed by atoms with Gasteiger partial charge in [0, 0.05) is 16.2 Å². The fourth-order valence-electron chi connectivity index (χ4n) is 2.93. The smallest absolute Gasteiger partial charge is 0.256 e. The SMILES string of the molecule is O=C1Nc2cc(Cl)ccc2/C1=C\c1ccc(OCc2cccc(F)c2)cc1. The van der Waals surface area contributed by atoms with Crippen LogP contribution in [0.15, 0.2) is 66.7 Å². The number of carbonyl (C=O) groups excluding carboxylic acids is 1. The summed E-state index contributed by atoms with van der Waals surface area (Å²) in [5.41, 5.74) is 3.78. The van der Waals surface area contributed by atoms with Gasteiger partial charge in [-0.15, -0.1) is 0 Å². The standard InChI is InChI=1S/C22H15ClFNO2/c23-16-6-9-19-20(22(26)25-21(19)12-16)11-14-4-7-18(8-5-14)27-13-15-2-1-3-17(24)10-15/h1-12H,13H2,(H,25,26)/b20-11+. The quantitative estimate of drug-likeness (QED) is 0.603. The summed E-state index contributed by atoms with van der Waals surface area (Å²) in [4.78, 5) is 12.2. The van der Waals surface area contributed by atoms with Crippen molar-refractivity contribution >= 4 is 34.8 Å². The van der Waals surface area contributed by atoms with Crippen LogP contribution in [0.1, 0.15) is 16.7 Å². The fourth-order valence-corrected chi connectivity index (χ4v) is 3.10. The second-order valence-electron chi connectivity index (χ2n) is 6.19. The van der Waals surface area contributed by atoms with E-state index in [4.69, 9.17) is 16.3 Å². The highest BCUT2D eigenvalue weighted by Crippen LogP contribution is 2.35. The van der Waals surface area contributed by atoms with Crippen LogP contribution in [-0.2, 0) is 11.4 Å². The van der Waals surface area contributed by atoms with Crippen LogP contribution in [0.3, 0.4) is 0 Å². The van der Waals surface area contributed by atoms with E-state index >= 15 is 0 Å². The zero-order valence-corrected chi connectivity index (χ0v) is 15.0. The number of anilines is 1. The first-order chi connectivity index (χ1) is 13.1. The number of nitrogens with one attached hydrogen (secondary N) is 1. The molecule has 0 saturated heterocycles. The van der Waals surface area contributed by atoms with Gasteiger partial charge in [-0.05, 0) is 53.6 Å². The van der Waals surface area contributed by atoms with Crippen LogP contribution in [0.5, 0.6) is 5.75 Å². The van der Waals surface area contributed by atoms with Gasteiger partial charge >= 0.3 is 0 Å². The second kappa shape index (κ2) is 7.25. The average molecular weight is 380 g/mol. The minimum atomic E-state index is -0.283. The molecule has 4 rings (SSSR count). The first-order valence-electron chi connectivity index (χ1n) is 8.39. The van der Waals surface area contributed by atoms with E-state index in [-0.39, 0.29) is 18.3 Å². The van der Waals surface area contributed by atoms with Gasteiger partial charge in [0.15, 0.2) is 0 Å². The summed E-state index contributed by atoms with van der Waals surface area (Å²) in [5.74, 6) is 0.234. The molecule has 5 heteroatoms. The number of hydrogen-bond acceptors (Lipinski definition) is 2. The molecule has 0 fully saturated rings. The summed E-state index contributed by atoms with van der Waals surface area (Å²) in [5, 5.41) is 3.39. The number of carbonyl (C=O) groups is 1. The summed E-state index contributed by atoms with van der Waals surface area (Å²) >= 11 is 5.97. The predicted molar refractivity (Wildman–Crippen MR) is 105 cm³/mol. The number of rotatable bonds is 4. The third-order valence-corrected chi connectivity index (χ3v) is 4.49. The monoisotopic (exact) mass is 379 g/mol. The normalized spacial score (nSPS) is 14.1. The molecule has 0 unspecified atom stereocenters. The van der Waals surface area contributed by atoms with Gasteiger partial charge in [-0.25, -0.2) is 4.39 Å². The Morgan fingerprint density at radius 2 is 1.85 bits per heavy atom. The van der Waals surface area contributed by atoms with E-state index in [0.717, 1.165) is 16.7 Å². The maximum Gasteiger partial charge on any atom is 0.256 e. The molecule has 27 heavy (non-hydrogen) atoms. The molecular weight excluding hydrogens is 365 g/mol. The summed E-state index contributed by atoms with van der Waals surface area (Å²) in [6, 6.07) is 19.0. The first kappa shape index (κ1) is 17.3. The molecule has 1 aliphatic heterocycles. The Kier molecular flexibility index (Phi) is 4.65. The van der Waals surface area contributed by atoms with Gasteiger partial charge in [0.25, 0.3) is 5.91 Å². The van der Waals surface area contributed by atoms with Gasteiger partial charge < -0.3 is 10.1 Å². The van der Waals surface area contributed by atoms with Gasteiger partial charge in [0.05, 0.1) is 5.69 Å². The van der Waals surface area contributed by atoms with E-state index in [1.807, 2.05) is 42.5 Å². The maximum absolute atomic E-state index is 13.2. The zero-order chi connectivity index (χ0) is 18.8. The molecule has 0 aliphatic carbocycles. The predicted octanol–water partition coefficient (Wildman–Crippen LogP) is 5.55. The summed E-state index contributed by atoms with van der Waals surface area (Å²) in [6.07, 6.45) is 1.82. The molecule has 0 spiro atoms. The molecule has 3 nitrogen and oxygen atoms in total. The molecule has 1 aliphatic rings. The molecule has 134 valence electrons. The largest absolute Gasteiger partial charge is 0.489 e. The second-order valence-corrected chi connectivity index (χ2v) is 6.63. The third-order valence-electron chi connectivity index (χ3n) is 4.25. The molecule has 0 saturated carbocycles. The Bertz CT molecular complexity index is 1040. The number of amides is 1. The molecule has 3 aromatic rings. The molecule has 1 N–H and O–H groups in total. The van der Waals surface area contributed by atoms with Crippen LogP contribution in [0, 0.1) is 5.82 Å². The van der Waals surface area contributed by atoms with Crippen LogP contribution in [0.2, 0.25) is 5.02 Å². The van der Waals surface area contributed by atoms with Crippen molar-refractivity contribution in [1.82, 2.24) is 0 Å². The van der Waals surface area contributed by atoms with E-state index in [1.54, 1.807) is 18.2 Å². The molecule has 0 aromatic heterocycles. The Labute approximate surface area is 161 Å². The van der Waals surface area contributed by atoms with E-state index < -0.39 is 0 Å². The maximum atomic E-state index is 13.2. The Morgan fingerprint density at radius 1 is 1.04 bits per heavy atom. The lowest BCUT2D eigenvalue weighted by molar-refractivity contribution is -0.110. The number of hydrogen-bond donors (Lipinski definition) is 1. The first-order valence-corrected chi connectivity index (χ1v) is 8.76. The van der Waals surface area contributed by atoms with E-state index in [1.165, 1.54) is 12.1 Å². The minimum Gasteiger partial charge on any atom is -0.489 e.